The van der Waals surface area contributed by atoms with Crippen molar-refractivity contribution in [3.05, 3.63) is 65.7 Å². The highest BCUT2D eigenvalue weighted by molar-refractivity contribution is 6.30. The number of carbonyl (C=O) groups excluding carboxylic acids is 1. The van der Waals surface area contributed by atoms with Crippen molar-refractivity contribution in [2.75, 3.05) is 23.3 Å². The lowest BCUT2D eigenvalue weighted by molar-refractivity contribution is -0.122. The highest BCUT2D eigenvalue weighted by atomic mass is 35.5. The molecule has 1 aliphatic rings. The molecule has 1 saturated heterocycles. The van der Waals surface area contributed by atoms with Crippen LogP contribution < -0.4 is 15.0 Å². The molecule has 1 atom stereocenters. The van der Waals surface area contributed by atoms with Gasteiger partial charge >= 0.3 is 0 Å². The minimum absolute atomic E-state index is 0.238. The molecule has 31 heavy (non-hydrogen) atoms. The quantitative estimate of drug-likeness (QED) is 0.575. The van der Waals surface area contributed by atoms with Crippen molar-refractivity contribution in [1.29, 1.82) is 0 Å². The fourth-order valence-corrected chi connectivity index (χ4v) is 3.72. The molecular weight excluding hydrogens is 412 g/mol. The van der Waals surface area contributed by atoms with Crippen molar-refractivity contribution in [3.63, 3.8) is 0 Å². The van der Waals surface area contributed by atoms with E-state index in [1.807, 2.05) is 36.4 Å². The Hall–Kier alpha value is -3.12. The number of anilines is 2. The summed E-state index contributed by atoms with van der Waals surface area (Å²) in [6.45, 7) is 3.79. The van der Waals surface area contributed by atoms with E-state index in [1.165, 1.54) is 19.3 Å². The van der Waals surface area contributed by atoms with Gasteiger partial charge in [0, 0.05) is 29.4 Å². The van der Waals surface area contributed by atoms with Crippen LogP contribution in [0.1, 0.15) is 26.2 Å². The van der Waals surface area contributed by atoms with Crippen molar-refractivity contribution in [2.24, 2.45) is 0 Å². The lowest BCUT2D eigenvalue weighted by atomic mass is 10.1. The van der Waals surface area contributed by atoms with Gasteiger partial charge in [0.05, 0.1) is 5.69 Å². The molecule has 0 spiro atoms. The Morgan fingerprint density at radius 1 is 1.03 bits per heavy atom. The van der Waals surface area contributed by atoms with Crippen LogP contribution in [0.5, 0.6) is 5.75 Å². The number of amides is 1. The standard InChI is InChI=1S/C24H25ClN4O2/c1-17(31-21-7-5-6-19(25)16-21)24(30)26-20-10-8-18(9-11-20)22-12-13-23(28-27-22)29-14-3-2-4-15-29/h5-13,16-17H,2-4,14-15H2,1H3,(H,26,30). The topological polar surface area (TPSA) is 67.3 Å². The number of nitrogens with one attached hydrogen (secondary N) is 1. The second-order valence-corrected chi connectivity index (χ2v) is 8.04. The van der Waals surface area contributed by atoms with Gasteiger partial charge in [-0.2, -0.15) is 0 Å². The van der Waals surface area contributed by atoms with Crippen LogP contribution in [0, 0.1) is 0 Å². The Labute approximate surface area is 187 Å². The molecule has 1 aromatic heterocycles. The van der Waals surface area contributed by atoms with Crippen LogP contribution in [0.25, 0.3) is 11.3 Å². The van der Waals surface area contributed by atoms with Gasteiger partial charge in [-0.1, -0.05) is 29.8 Å². The van der Waals surface area contributed by atoms with E-state index in [-0.39, 0.29) is 5.91 Å². The van der Waals surface area contributed by atoms with Gasteiger partial charge in [0.1, 0.15) is 5.75 Å². The third-order valence-corrected chi connectivity index (χ3v) is 5.49. The molecular formula is C24H25ClN4O2. The number of rotatable bonds is 6. The second kappa shape index (κ2) is 9.79. The lowest BCUT2D eigenvalue weighted by Crippen LogP contribution is -2.30. The number of halogens is 1. The van der Waals surface area contributed by atoms with Gasteiger partial charge in [0.2, 0.25) is 0 Å². The van der Waals surface area contributed by atoms with Gasteiger partial charge in [-0.05, 0) is 68.7 Å². The van der Waals surface area contributed by atoms with Crippen molar-refractivity contribution < 1.29 is 9.53 Å². The van der Waals surface area contributed by atoms with Crippen LogP contribution in [-0.4, -0.2) is 35.3 Å². The average molecular weight is 437 g/mol. The maximum Gasteiger partial charge on any atom is 0.265 e. The first-order valence-corrected chi connectivity index (χ1v) is 10.9. The summed E-state index contributed by atoms with van der Waals surface area (Å²) in [7, 11) is 0. The highest BCUT2D eigenvalue weighted by Crippen LogP contribution is 2.23. The maximum atomic E-state index is 12.4. The summed E-state index contributed by atoms with van der Waals surface area (Å²) in [4.78, 5) is 14.7. The summed E-state index contributed by atoms with van der Waals surface area (Å²) >= 11 is 5.96. The first-order valence-electron chi connectivity index (χ1n) is 10.5. The zero-order chi connectivity index (χ0) is 21.6. The second-order valence-electron chi connectivity index (χ2n) is 7.61. The molecule has 2 heterocycles. The molecule has 6 nitrogen and oxygen atoms in total. The van der Waals surface area contributed by atoms with Crippen molar-refractivity contribution >= 4 is 29.0 Å². The predicted molar refractivity (Wildman–Crippen MR) is 124 cm³/mol. The van der Waals surface area contributed by atoms with E-state index < -0.39 is 6.10 Å². The van der Waals surface area contributed by atoms with Crippen LogP contribution in [0.3, 0.4) is 0 Å². The minimum Gasteiger partial charge on any atom is -0.481 e. The summed E-state index contributed by atoms with van der Waals surface area (Å²) in [5, 5.41) is 12.2. The summed E-state index contributed by atoms with van der Waals surface area (Å²) in [5.74, 6) is 1.25. The van der Waals surface area contributed by atoms with Gasteiger partial charge in [0.15, 0.2) is 11.9 Å². The monoisotopic (exact) mass is 436 g/mol. The molecule has 1 fully saturated rings. The molecule has 160 valence electrons. The van der Waals surface area contributed by atoms with Crippen molar-refractivity contribution in [2.45, 2.75) is 32.3 Å². The van der Waals surface area contributed by atoms with E-state index in [0.29, 0.717) is 16.5 Å². The van der Waals surface area contributed by atoms with Gasteiger partial charge in [-0.25, -0.2) is 0 Å². The largest absolute Gasteiger partial charge is 0.481 e. The van der Waals surface area contributed by atoms with Crippen LogP contribution in [0.2, 0.25) is 5.02 Å². The number of piperidine rings is 1. The molecule has 7 heteroatoms. The molecule has 3 aromatic rings. The molecule has 0 aliphatic carbocycles. The molecule has 1 aliphatic heterocycles. The molecule has 1 N–H and O–H groups in total. The fourth-order valence-electron chi connectivity index (χ4n) is 3.54. The summed E-state index contributed by atoms with van der Waals surface area (Å²) in [5.41, 5.74) is 2.43. The number of aromatic nitrogens is 2. The van der Waals surface area contributed by atoms with E-state index in [0.717, 1.165) is 30.2 Å². The average Bonchev–Trinajstić information content (AvgIpc) is 2.80. The van der Waals surface area contributed by atoms with Crippen LogP contribution in [0.4, 0.5) is 11.5 Å². The van der Waals surface area contributed by atoms with E-state index in [2.05, 4.69) is 20.4 Å². The first-order chi connectivity index (χ1) is 15.1. The zero-order valence-corrected chi connectivity index (χ0v) is 18.2. The Kier molecular flexibility index (Phi) is 6.67. The molecule has 4 rings (SSSR count). The highest BCUT2D eigenvalue weighted by Gasteiger charge is 2.16. The molecule has 1 unspecified atom stereocenters. The Morgan fingerprint density at radius 3 is 2.48 bits per heavy atom. The number of ether oxygens (including phenoxy) is 1. The van der Waals surface area contributed by atoms with Crippen LogP contribution in [-0.2, 0) is 4.79 Å². The summed E-state index contributed by atoms with van der Waals surface area (Å²) in [6, 6.07) is 18.5. The smallest absolute Gasteiger partial charge is 0.265 e. The van der Waals surface area contributed by atoms with Gasteiger partial charge in [-0.15, -0.1) is 10.2 Å². The Bertz CT molecular complexity index is 1020. The number of carbonyl (C=O) groups is 1. The summed E-state index contributed by atoms with van der Waals surface area (Å²) in [6.07, 6.45) is 3.04. The van der Waals surface area contributed by atoms with Crippen LogP contribution >= 0.6 is 11.6 Å². The lowest BCUT2D eigenvalue weighted by Gasteiger charge is -2.27. The molecule has 1 amide bonds. The minimum atomic E-state index is -0.661. The molecule has 0 bridgehead atoms. The number of nitrogens with zero attached hydrogens (tertiary/aromatic N) is 3. The van der Waals surface area contributed by atoms with Crippen molar-refractivity contribution in [3.8, 4) is 17.0 Å². The van der Waals surface area contributed by atoms with Gasteiger partial charge in [0.25, 0.3) is 5.91 Å². The number of benzene rings is 2. The maximum absolute atomic E-state index is 12.4. The molecule has 2 aromatic carbocycles. The zero-order valence-electron chi connectivity index (χ0n) is 17.4. The third-order valence-electron chi connectivity index (χ3n) is 5.26. The Morgan fingerprint density at radius 2 is 1.81 bits per heavy atom. The fraction of sp³-hybridized carbons (Fsp3) is 0.292. The summed E-state index contributed by atoms with van der Waals surface area (Å²) < 4.78 is 5.66. The van der Waals surface area contributed by atoms with E-state index in [1.54, 1.807) is 31.2 Å². The van der Waals surface area contributed by atoms with E-state index in [9.17, 15) is 4.79 Å². The first kappa shape index (κ1) is 21.1. The van der Waals surface area contributed by atoms with Crippen molar-refractivity contribution in [1.82, 2.24) is 10.2 Å². The van der Waals surface area contributed by atoms with Gasteiger partial charge < -0.3 is 15.0 Å². The van der Waals surface area contributed by atoms with Gasteiger partial charge in [-0.3, -0.25) is 4.79 Å². The SMILES string of the molecule is CC(Oc1cccc(Cl)c1)C(=O)Nc1ccc(-c2ccc(N3CCCCC3)nn2)cc1. The number of hydrogen-bond donors (Lipinski definition) is 1. The molecule has 0 radical (unpaired) electrons. The molecule has 0 saturated carbocycles. The Balaban J connectivity index is 1.35. The van der Waals surface area contributed by atoms with E-state index in [4.69, 9.17) is 16.3 Å². The normalized spacial score (nSPS) is 14.7. The van der Waals surface area contributed by atoms with E-state index >= 15 is 0 Å². The predicted octanol–water partition coefficient (Wildman–Crippen LogP) is 5.19. The third kappa shape index (κ3) is 5.52. The number of hydrogen-bond acceptors (Lipinski definition) is 5. The van der Waals surface area contributed by atoms with Crippen LogP contribution in [0.15, 0.2) is 60.7 Å².